The molecule has 1 N–H and O–H groups in total. The Morgan fingerprint density at radius 2 is 1.85 bits per heavy atom. The average molecular weight is 367 g/mol. The smallest absolute Gasteiger partial charge is 0.272 e. The number of nitrogens with one attached hydrogen (secondary N) is 1. The van der Waals surface area contributed by atoms with Gasteiger partial charge in [-0.2, -0.15) is 0 Å². The summed E-state index contributed by atoms with van der Waals surface area (Å²) >= 11 is 0. The molecule has 0 atom stereocenters. The Morgan fingerprint density at radius 3 is 2.52 bits per heavy atom. The van der Waals surface area contributed by atoms with Gasteiger partial charge < -0.3 is 10.2 Å². The van der Waals surface area contributed by atoms with Gasteiger partial charge in [0.25, 0.3) is 11.8 Å². The molecule has 2 aromatic rings. The summed E-state index contributed by atoms with van der Waals surface area (Å²) in [7, 11) is 0. The predicted molar refractivity (Wildman–Crippen MR) is 108 cm³/mol. The van der Waals surface area contributed by atoms with Crippen LogP contribution in [0.1, 0.15) is 66.4 Å². The van der Waals surface area contributed by atoms with Crippen LogP contribution in [0.15, 0.2) is 48.7 Å². The van der Waals surface area contributed by atoms with E-state index in [1.54, 1.807) is 17.0 Å². The second-order valence-electron chi connectivity index (χ2n) is 6.91. The molecule has 2 rings (SSSR count). The Morgan fingerprint density at radius 1 is 1.11 bits per heavy atom. The molecule has 5 nitrogen and oxygen atoms in total. The molecule has 0 aliphatic carbocycles. The Hall–Kier alpha value is -2.69. The maximum absolute atomic E-state index is 13.0. The lowest BCUT2D eigenvalue weighted by atomic mass is 10.1. The highest BCUT2D eigenvalue weighted by molar-refractivity contribution is 5.98. The van der Waals surface area contributed by atoms with Crippen LogP contribution in [0.5, 0.6) is 0 Å². The molecule has 27 heavy (non-hydrogen) atoms. The summed E-state index contributed by atoms with van der Waals surface area (Å²) in [5.41, 5.74) is 1.82. The Labute approximate surface area is 161 Å². The SMILES string of the molecule is CCCCCNC(=O)c1ccnc(C(=O)N(Cc2ccccc2)C(C)C)c1. The highest BCUT2D eigenvalue weighted by Gasteiger charge is 2.21. The van der Waals surface area contributed by atoms with Gasteiger partial charge in [0.05, 0.1) is 0 Å². The number of hydrogen-bond donors (Lipinski definition) is 1. The molecular formula is C22H29N3O2. The average Bonchev–Trinajstić information content (AvgIpc) is 2.69. The zero-order chi connectivity index (χ0) is 19.6. The number of carbonyl (C=O) groups is 2. The summed E-state index contributed by atoms with van der Waals surface area (Å²) in [6.45, 7) is 7.23. The number of carbonyl (C=O) groups excluding carboxylic acids is 2. The number of pyridine rings is 1. The lowest BCUT2D eigenvalue weighted by molar-refractivity contribution is 0.0684. The van der Waals surface area contributed by atoms with Crippen molar-refractivity contribution in [3.63, 3.8) is 0 Å². The number of hydrogen-bond acceptors (Lipinski definition) is 3. The van der Waals surface area contributed by atoms with E-state index >= 15 is 0 Å². The molecule has 0 saturated heterocycles. The van der Waals surface area contributed by atoms with Crippen molar-refractivity contribution in [1.82, 2.24) is 15.2 Å². The molecule has 0 unspecified atom stereocenters. The third-order valence-corrected chi connectivity index (χ3v) is 4.39. The van der Waals surface area contributed by atoms with Gasteiger partial charge >= 0.3 is 0 Å². The molecule has 0 aliphatic heterocycles. The van der Waals surface area contributed by atoms with Gasteiger partial charge in [0.2, 0.25) is 0 Å². The molecular weight excluding hydrogens is 338 g/mol. The summed E-state index contributed by atoms with van der Waals surface area (Å²) < 4.78 is 0. The van der Waals surface area contributed by atoms with Gasteiger partial charge in [0, 0.05) is 30.9 Å². The fourth-order valence-electron chi connectivity index (χ4n) is 2.78. The van der Waals surface area contributed by atoms with Crippen molar-refractivity contribution in [2.45, 2.75) is 52.6 Å². The van der Waals surface area contributed by atoms with E-state index in [9.17, 15) is 9.59 Å². The molecule has 144 valence electrons. The highest BCUT2D eigenvalue weighted by atomic mass is 16.2. The van der Waals surface area contributed by atoms with Crippen LogP contribution in [0.25, 0.3) is 0 Å². The number of aromatic nitrogens is 1. The second kappa shape index (κ2) is 10.5. The molecule has 1 heterocycles. The molecule has 5 heteroatoms. The van der Waals surface area contributed by atoms with Crippen LogP contribution in [0.2, 0.25) is 0 Å². The predicted octanol–water partition coefficient (Wildman–Crippen LogP) is 4.05. The molecule has 1 aromatic heterocycles. The minimum absolute atomic E-state index is 0.0195. The summed E-state index contributed by atoms with van der Waals surface area (Å²) in [4.78, 5) is 31.3. The van der Waals surface area contributed by atoms with Crippen LogP contribution in [0.3, 0.4) is 0 Å². The fraction of sp³-hybridized carbons (Fsp3) is 0.409. The van der Waals surface area contributed by atoms with E-state index in [-0.39, 0.29) is 17.9 Å². The molecule has 0 aliphatic rings. The standard InChI is InChI=1S/C22H29N3O2/c1-4-5-9-13-24-21(26)19-12-14-23-20(15-19)22(27)25(17(2)3)16-18-10-7-6-8-11-18/h6-8,10-12,14-15,17H,4-5,9,13,16H2,1-3H3,(H,24,26). The second-order valence-corrected chi connectivity index (χ2v) is 6.91. The Bertz CT molecular complexity index is 744. The van der Waals surface area contributed by atoms with Crippen LogP contribution < -0.4 is 5.32 Å². The molecule has 0 saturated carbocycles. The summed E-state index contributed by atoms with van der Waals surface area (Å²) in [5.74, 6) is -0.337. The maximum atomic E-state index is 13.0. The lowest BCUT2D eigenvalue weighted by Crippen LogP contribution is -2.37. The van der Waals surface area contributed by atoms with Crippen LogP contribution in [0.4, 0.5) is 0 Å². The lowest BCUT2D eigenvalue weighted by Gasteiger charge is -2.26. The quantitative estimate of drug-likeness (QED) is 0.680. The highest BCUT2D eigenvalue weighted by Crippen LogP contribution is 2.13. The van der Waals surface area contributed by atoms with Crippen molar-refractivity contribution in [3.05, 3.63) is 65.5 Å². The van der Waals surface area contributed by atoms with Crippen molar-refractivity contribution >= 4 is 11.8 Å². The first-order valence-electron chi connectivity index (χ1n) is 9.62. The Kier molecular flexibility index (Phi) is 7.99. The van der Waals surface area contributed by atoms with Crippen LogP contribution >= 0.6 is 0 Å². The van der Waals surface area contributed by atoms with Gasteiger partial charge in [0.15, 0.2) is 0 Å². The van der Waals surface area contributed by atoms with Crippen molar-refractivity contribution in [1.29, 1.82) is 0 Å². The molecule has 0 fully saturated rings. The van der Waals surface area contributed by atoms with Gasteiger partial charge in [-0.3, -0.25) is 14.6 Å². The third-order valence-electron chi connectivity index (χ3n) is 4.39. The molecule has 0 spiro atoms. The van der Waals surface area contributed by atoms with Gasteiger partial charge in [-0.1, -0.05) is 50.1 Å². The fourth-order valence-corrected chi connectivity index (χ4v) is 2.78. The minimum atomic E-state index is -0.172. The number of benzene rings is 1. The summed E-state index contributed by atoms with van der Waals surface area (Å²) in [6.07, 6.45) is 4.67. The number of amides is 2. The number of nitrogens with zero attached hydrogens (tertiary/aromatic N) is 2. The van der Waals surface area contributed by atoms with E-state index in [4.69, 9.17) is 0 Å². The van der Waals surface area contributed by atoms with Crippen LogP contribution in [-0.4, -0.2) is 34.3 Å². The van der Waals surface area contributed by atoms with E-state index in [2.05, 4.69) is 17.2 Å². The number of rotatable bonds is 9. The van der Waals surface area contributed by atoms with Gasteiger partial charge in [-0.25, -0.2) is 0 Å². The summed E-state index contributed by atoms with van der Waals surface area (Å²) in [5, 5.41) is 2.90. The normalized spacial score (nSPS) is 10.7. The zero-order valence-electron chi connectivity index (χ0n) is 16.4. The van der Waals surface area contributed by atoms with Crippen molar-refractivity contribution in [3.8, 4) is 0 Å². The van der Waals surface area contributed by atoms with Crippen LogP contribution in [-0.2, 0) is 6.54 Å². The first-order chi connectivity index (χ1) is 13.0. The van der Waals surface area contributed by atoms with Gasteiger partial charge in [0.1, 0.15) is 5.69 Å². The van der Waals surface area contributed by atoms with Gasteiger partial charge in [-0.15, -0.1) is 0 Å². The van der Waals surface area contributed by atoms with E-state index in [0.29, 0.717) is 24.3 Å². The largest absolute Gasteiger partial charge is 0.352 e. The van der Waals surface area contributed by atoms with Crippen LogP contribution in [0, 0.1) is 0 Å². The van der Waals surface area contributed by atoms with Crippen molar-refractivity contribution in [2.75, 3.05) is 6.54 Å². The number of unbranched alkanes of at least 4 members (excludes halogenated alkanes) is 2. The third kappa shape index (κ3) is 6.20. The van der Waals surface area contributed by atoms with E-state index in [1.807, 2.05) is 44.2 Å². The molecule has 0 radical (unpaired) electrons. The first-order valence-corrected chi connectivity index (χ1v) is 9.62. The molecule has 1 aromatic carbocycles. The zero-order valence-corrected chi connectivity index (χ0v) is 16.4. The van der Waals surface area contributed by atoms with E-state index in [1.165, 1.54) is 6.20 Å². The summed E-state index contributed by atoms with van der Waals surface area (Å²) in [6, 6.07) is 13.1. The maximum Gasteiger partial charge on any atom is 0.272 e. The van der Waals surface area contributed by atoms with E-state index < -0.39 is 0 Å². The van der Waals surface area contributed by atoms with Crippen molar-refractivity contribution < 1.29 is 9.59 Å². The van der Waals surface area contributed by atoms with E-state index in [0.717, 1.165) is 24.8 Å². The molecule has 0 bridgehead atoms. The minimum Gasteiger partial charge on any atom is -0.352 e. The first kappa shape index (κ1) is 20.6. The topological polar surface area (TPSA) is 62.3 Å². The van der Waals surface area contributed by atoms with Gasteiger partial charge in [-0.05, 0) is 38.0 Å². The monoisotopic (exact) mass is 367 g/mol. The Balaban J connectivity index is 2.10. The molecule has 2 amide bonds. The van der Waals surface area contributed by atoms with Crippen molar-refractivity contribution in [2.24, 2.45) is 0 Å².